The lowest BCUT2D eigenvalue weighted by atomic mass is 9.64. The van der Waals surface area contributed by atoms with Gasteiger partial charge in [-0.25, -0.2) is 0 Å². The van der Waals surface area contributed by atoms with Gasteiger partial charge < -0.3 is 5.32 Å². The number of nitrogens with one attached hydrogen (secondary N) is 1. The first-order valence-corrected chi connectivity index (χ1v) is 5.37. The standard InChI is InChI=1S/C11H23N/c1-4-10(2)8-11(9-12-3)6-5-7-11/h10,12H,4-9H2,1-3H3. The summed E-state index contributed by atoms with van der Waals surface area (Å²) in [6.07, 6.45) is 7.14. The minimum atomic E-state index is 0.685. The molecule has 0 bridgehead atoms. The summed E-state index contributed by atoms with van der Waals surface area (Å²) >= 11 is 0. The van der Waals surface area contributed by atoms with E-state index in [1.807, 2.05) is 0 Å². The highest BCUT2D eigenvalue weighted by atomic mass is 14.8. The summed E-state index contributed by atoms with van der Waals surface area (Å²) in [5.41, 5.74) is 0.685. The summed E-state index contributed by atoms with van der Waals surface area (Å²) in [4.78, 5) is 0. The van der Waals surface area contributed by atoms with Crippen molar-refractivity contribution in [2.24, 2.45) is 11.3 Å². The van der Waals surface area contributed by atoms with E-state index in [1.54, 1.807) is 0 Å². The fourth-order valence-corrected chi connectivity index (χ4v) is 2.39. The molecule has 0 saturated heterocycles. The molecule has 0 aromatic rings. The Labute approximate surface area is 76.9 Å². The van der Waals surface area contributed by atoms with Crippen molar-refractivity contribution in [2.75, 3.05) is 13.6 Å². The predicted molar refractivity (Wildman–Crippen MR) is 54.3 cm³/mol. The molecule has 1 nitrogen and oxygen atoms in total. The number of rotatable bonds is 5. The molecule has 1 N–H and O–H groups in total. The van der Waals surface area contributed by atoms with Crippen molar-refractivity contribution in [3.8, 4) is 0 Å². The maximum absolute atomic E-state index is 3.34. The average molecular weight is 169 g/mol. The zero-order chi connectivity index (χ0) is 9.03. The molecule has 1 aliphatic carbocycles. The van der Waals surface area contributed by atoms with Crippen LogP contribution in [0.5, 0.6) is 0 Å². The van der Waals surface area contributed by atoms with Crippen LogP contribution in [0.4, 0.5) is 0 Å². The van der Waals surface area contributed by atoms with Gasteiger partial charge in [-0.3, -0.25) is 0 Å². The van der Waals surface area contributed by atoms with Gasteiger partial charge in [0, 0.05) is 6.54 Å². The zero-order valence-electron chi connectivity index (χ0n) is 8.82. The van der Waals surface area contributed by atoms with Gasteiger partial charge in [0.25, 0.3) is 0 Å². The van der Waals surface area contributed by atoms with Crippen LogP contribution in [0.2, 0.25) is 0 Å². The monoisotopic (exact) mass is 169 g/mol. The van der Waals surface area contributed by atoms with Crippen molar-refractivity contribution in [3.63, 3.8) is 0 Å². The Balaban J connectivity index is 2.33. The first kappa shape index (κ1) is 10.0. The SMILES string of the molecule is CCC(C)CC1(CNC)CCC1. The van der Waals surface area contributed by atoms with Gasteiger partial charge in [0.15, 0.2) is 0 Å². The van der Waals surface area contributed by atoms with E-state index >= 15 is 0 Å². The largest absolute Gasteiger partial charge is 0.319 e. The Kier molecular flexibility index (Phi) is 3.57. The second-order valence-electron chi connectivity index (χ2n) is 4.60. The molecule has 1 aliphatic rings. The molecule has 0 aromatic carbocycles. The molecule has 0 aliphatic heterocycles. The molecule has 0 aromatic heterocycles. The van der Waals surface area contributed by atoms with E-state index in [-0.39, 0.29) is 0 Å². The molecule has 1 saturated carbocycles. The van der Waals surface area contributed by atoms with Crippen molar-refractivity contribution >= 4 is 0 Å². The molecular weight excluding hydrogens is 146 g/mol. The van der Waals surface area contributed by atoms with E-state index in [4.69, 9.17) is 0 Å². The van der Waals surface area contributed by atoms with Crippen LogP contribution in [-0.4, -0.2) is 13.6 Å². The lowest BCUT2D eigenvalue weighted by molar-refractivity contribution is 0.0966. The van der Waals surface area contributed by atoms with Crippen molar-refractivity contribution in [2.45, 2.75) is 46.0 Å². The Hall–Kier alpha value is -0.0400. The van der Waals surface area contributed by atoms with E-state index in [1.165, 1.54) is 38.6 Å². The molecule has 1 rings (SSSR count). The topological polar surface area (TPSA) is 12.0 Å². The Morgan fingerprint density at radius 2 is 2.08 bits per heavy atom. The van der Waals surface area contributed by atoms with Crippen molar-refractivity contribution in [1.29, 1.82) is 0 Å². The Morgan fingerprint density at radius 3 is 2.42 bits per heavy atom. The van der Waals surface area contributed by atoms with Crippen molar-refractivity contribution in [3.05, 3.63) is 0 Å². The highest BCUT2D eigenvalue weighted by Crippen LogP contribution is 2.45. The molecule has 0 radical (unpaired) electrons. The zero-order valence-corrected chi connectivity index (χ0v) is 8.82. The highest BCUT2D eigenvalue weighted by molar-refractivity contribution is 4.90. The van der Waals surface area contributed by atoms with Gasteiger partial charge in [-0.2, -0.15) is 0 Å². The van der Waals surface area contributed by atoms with Crippen LogP contribution in [0.25, 0.3) is 0 Å². The summed E-state index contributed by atoms with van der Waals surface area (Å²) in [5, 5.41) is 3.34. The molecule has 0 spiro atoms. The van der Waals surface area contributed by atoms with E-state index < -0.39 is 0 Å². The van der Waals surface area contributed by atoms with Crippen LogP contribution in [0.3, 0.4) is 0 Å². The molecule has 1 fully saturated rings. The van der Waals surface area contributed by atoms with Crippen LogP contribution in [0, 0.1) is 11.3 Å². The maximum atomic E-state index is 3.34. The Bertz CT molecular complexity index is 127. The predicted octanol–water partition coefficient (Wildman–Crippen LogP) is 2.81. The second kappa shape index (κ2) is 4.27. The number of hydrogen-bond donors (Lipinski definition) is 1. The van der Waals surface area contributed by atoms with E-state index in [0.717, 1.165) is 5.92 Å². The van der Waals surface area contributed by atoms with Crippen molar-refractivity contribution in [1.82, 2.24) is 5.32 Å². The third-order valence-electron chi connectivity index (χ3n) is 3.44. The molecule has 1 atom stereocenters. The van der Waals surface area contributed by atoms with Gasteiger partial charge in [-0.05, 0) is 37.6 Å². The molecule has 12 heavy (non-hydrogen) atoms. The lowest BCUT2D eigenvalue weighted by Crippen LogP contribution is -2.39. The lowest BCUT2D eigenvalue weighted by Gasteiger charge is -2.43. The summed E-state index contributed by atoms with van der Waals surface area (Å²) < 4.78 is 0. The summed E-state index contributed by atoms with van der Waals surface area (Å²) in [5.74, 6) is 0.915. The Morgan fingerprint density at radius 1 is 1.42 bits per heavy atom. The summed E-state index contributed by atoms with van der Waals surface area (Å²) in [7, 11) is 2.08. The number of hydrogen-bond acceptors (Lipinski definition) is 1. The van der Waals surface area contributed by atoms with Gasteiger partial charge in [0.2, 0.25) is 0 Å². The molecule has 72 valence electrons. The fourth-order valence-electron chi connectivity index (χ4n) is 2.39. The van der Waals surface area contributed by atoms with E-state index in [2.05, 4.69) is 26.2 Å². The van der Waals surface area contributed by atoms with Crippen LogP contribution < -0.4 is 5.32 Å². The second-order valence-corrected chi connectivity index (χ2v) is 4.60. The minimum Gasteiger partial charge on any atom is -0.319 e. The quantitative estimate of drug-likeness (QED) is 0.667. The molecular formula is C11H23N. The van der Waals surface area contributed by atoms with E-state index in [0.29, 0.717) is 5.41 Å². The third-order valence-corrected chi connectivity index (χ3v) is 3.44. The van der Waals surface area contributed by atoms with Gasteiger partial charge in [-0.15, -0.1) is 0 Å². The van der Waals surface area contributed by atoms with Crippen molar-refractivity contribution < 1.29 is 0 Å². The molecule has 1 heteroatoms. The fraction of sp³-hybridized carbons (Fsp3) is 1.00. The third kappa shape index (κ3) is 2.22. The summed E-state index contributed by atoms with van der Waals surface area (Å²) in [6.45, 7) is 5.92. The smallest absolute Gasteiger partial charge is 0.000490 e. The highest BCUT2D eigenvalue weighted by Gasteiger charge is 2.36. The first-order chi connectivity index (χ1) is 5.72. The van der Waals surface area contributed by atoms with Crippen LogP contribution >= 0.6 is 0 Å². The van der Waals surface area contributed by atoms with Crippen LogP contribution in [0.1, 0.15) is 46.0 Å². The maximum Gasteiger partial charge on any atom is 0.000490 e. The van der Waals surface area contributed by atoms with E-state index in [9.17, 15) is 0 Å². The normalized spacial score (nSPS) is 23.2. The molecule has 0 amide bonds. The first-order valence-electron chi connectivity index (χ1n) is 5.37. The van der Waals surface area contributed by atoms with Crippen LogP contribution in [0.15, 0.2) is 0 Å². The van der Waals surface area contributed by atoms with Gasteiger partial charge in [0.05, 0.1) is 0 Å². The minimum absolute atomic E-state index is 0.685. The van der Waals surface area contributed by atoms with Crippen LogP contribution in [-0.2, 0) is 0 Å². The van der Waals surface area contributed by atoms with Gasteiger partial charge >= 0.3 is 0 Å². The molecule has 1 unspecified atom stereocenters. The average Bonchev–Trinajstić information content (AvgIpc) is 2.00. The van der Waals surface area contributed by atoms with Gasteiger partial charge in [0.1, 0.15) is 0 Å². The van der Waals surface area contributed by atoms with Gasteiger partial charge in [-0.1, -0.05) is 26.7 Å². The summed E-state index contributed by atoms with van der Waals surface area (Å²) in [6, 6.07) is 0. The molecule has 0 heterocycles.